The van der Waals surface area contributed by atoms with Crippen LogP contribution in [0, 0.1) is 5.92 Å². The van der Waals surface area contributed by atoms with Gasteiger partial charge in [0.15, 0.2) is 0 Å². The normalized spacial score (nSPS) is 18.9. The number of rotatable bonds is 19. The minimum atomic E-state index is -2.44. The molecule has 2 rings (SSSR count). The second-order valence-electron chi connectivity index (χ2n) is 13.2. The summed E-state index contributed by atoms with van der Waals surface area (Å²) in [7, 11) is 2.58. The van der Waals surface area contributed by atoms with E-state index in [1.54, 1.807) is 21.3 Å². The summed E-state index contributed by atoms with van der Waals surface area (Å²) in [6.45, 7) is 22.0. The molecule has 1 aromatic carbocycles. The maximum Gasteiger partial charge on any atom is 0.500 e. The number of ether oxygens (including phenoxy) is 1. The Morgan fingerprint density at radius 1 is 0.854 bits per heavy atom. The molecule has 0 aliphatic carbocycles. The fourth-order valence-electron chi connectivity index (χ4n) is 6.62. The van der Waals surface area contributed by atoms with Crippen molar-refractivity contribution in [1.82, 2.24) is 9.96 Å². The van der Waals surface area contributed by atoms with Gasteiger partial charge in [0.05, 0.1) is 6.61 Å². The molecule has 1 saturated heterocycles. The van der Waals surface area contributed by atoms with Crippen LogP contribution in [0.4, 0.5) is 0 Å². The van der Waals surface area contributed by atoms with Gasteiger partial charge < -0.3 is 22.9 Å². The Balaban J connectivity index is 1.88. The average Bonchev–Trinajstić information content (AvgIpc) is 2.92. The molecule has 1 unspecified atom stereocenters. The van der Waals surface area contributed by atoms with Crippen LogP contribution in [-0.4, -0.2) is 76.9 Å². The maximum absolute atomic E-state index is 6.95. The zero-order valence-electron chi connectivity index (χ0n) is 28.3. The minimum Gasteiger partial charge on any atom is -0.377 e. The van der Waals surface area contributed by atoms with Gasteiger partial charge in [-0.25, -0.2) is 0 Å². The summed E-state index contributed by atoms with van der Waals surface area (Å²) < 4.78 is 22.5. The lowest BCUT2D eigenvalue weighted by Gasteiger charge is -2.56. The smallest absolute Gasteiger partial charge is 0.377 e. The van der Waals surface area contributed by atoms with Crippen LogP contribution < -0.4 is 0 Å². The van der Waals surface area contributed by atoms with Gasteiger partial charge in [0, 0.05) is 51.1 Å². The molecule has 0 radical (unpaired) electrons. The van der Waals surface area contributed by atoms with Crippen molar-refractivity contribution in [3.63, 3.8) is 0 Å². The van der Waals surface area contributed by atoms with Crippen LogP contribution in [0.25, 0.3) is 0 Å². The Bertz CT molecular complexity index is 829. The van der Waals surface area contributed by atoms with Crippen LogP contribution in [-0.2, 0) is 29.5 Å². The summed E-state index contributed by atoms with van der Waals surface area (Å²) in [5, 5.41) is 2.32. The molecule has 1 fully saturated rings. The van der Waals surface area contributed by atoms with Crippen LogP contribution in [0.2, 0.25) is 6.04 Å². The molecule has 238 valence electrons. The van der Waals surface area contributed by atoms with Crippen molar-refractivity contribution in [3.8, 4) is 0 Å². The van der Waals surface area contributed by atoms with E-state index in [0.29, 0.717) is 18.6 Å². The van der Waals surface area contributed by atoms with Crippen molar-refractivity contribution in [2.75, 3.05) is 41.0 Å². The molecule has 0 N–H and O–H groups in total. The monoisotopic (exact) mass is 594 g/mol. The fraction of sp³-hybridized carbons (Fsp3) is 0.818. The van der Waals surface area contributed by atoms with Gasteiger partial charge in [-0.2, -0.15) is 5.06 Å². The summed E-state index contributed by atoms with van der Waals surface area (Å²) in [5.41, 5.74) is 2.31. The Hall–Kier alpha value is -0.843. The summed E-state index contributed by atoms with van der Waals surface area (Å²) in [4.78, 5) is 9.57. The lowest BCUT2D eigenvalue weighted by Crippen LogP contribution is -2.64. The number of hydroxylamine groups is 2. The molecule has 1 heterocycles. The van der Waals surface area contributed by atoms with E-state index in [0.717, 1.165) is 64.3 Å². The SMILES string of the molecule is CCN(CC)C1CC(C)(C)N(OC(c2ccc(COCCCCCC[Si](OC)(OC)OC)cc2)C(C)C)C(C)(C)C1. The Morgan fingerprint density at radius 3 is 1.88 bits per heavy atom. The molecule has 1 aromatic rings. The molecule has 7 nitrogen and oxygen atoms in total. The molecular formula is C33H62N2O5Si. The van der Waals surface area contributed by atoms with Crippen molar-refractivity contribution in [3.05, 3.63) is 35.4 Å². The van der Waals surface area contributed by atoms with Gasteiger partial charge in [0.1, 0.15) is 6.10 Å². The molecule has 0 bridgehead atoms. The first-order chi connectivity index (χ1) is 19.4. The molecule has 1 atom stereocenters. The summed E-state index contributed by atoms with van der Waals surface area (Å²) >= 11 is 0. The Labute approximate surface area is 253 Å². The average molecular weight is 595 g/mol. The van der Waals surface area contributed by atoms with Crippen molar-refractivity contribution in [2.24, 2.45) is 5.92 Å². The maximum atomic E-state index is 6.95. The van der Waals surface area contributed by atoms with Crippen molar-refractivity contribution in [1.29, 1.82) is 0 Å². The van der Waals surface area contributed by atoms with Crippen molar-refractivity contribution in [2.45, 2.75) is 130 Å². The highest BCUT2D eigenvalue weighted by Gasteiger charge is 2.48. The first-order valence-corrected chi connectivity index (χ1v) is 17.8. The number of nitrogens with zero attached hydrogens (tertiary/aromatic N) is 2. The number of hydrogen-bond donors (Lipinski definition) is 0. The molecule has 0 aromatic heterocycles. The van der Waals surface area contributed by atoms with Crippen LogP contribution in [0.3, 0.4) is 0 Å². The molecule has 1 aliphatic heterocycles. The number of piperidine rings is 1. The molecule has 41 heavy (non-hydrogen) atoms. The van der Waals surface area contributed by atoms with Crippen LogP contribution in [0.5, 0.6) is 0 Å². The van der Waals surface area contributed by atoms with Crippen LogP contribution >= 0.6 is 0 Å². The number of benzene rings is 1. The van der Waals surface area contributed by atoms with Gasteiger partial charge in [0.25, 0.3) is 0 Å². The van der Waals surface area contributed by atoms with E-state index in [-0.39, 0.29) is 17.2 Å². The van der Waals surface area contributed by atoms with E-state index >= 15 is 0 Å². The van der Waals surface area contributed by atoms with E-state index in [9.17, 15) is 0 Å². The van der Waals surface area contributed by atoms with E-state index in [2.05, 4.69) is 89.6 Å². The minimum absolute atomic E-state index is 0.00430. The van der Waals surface area contributed by atoms with Gasteiger partial charge in [-0.1, -0.05) is 64.8 Å². The molecule has 0 saturated carbocycles. The predicted octanol–water partition coefficient (Wildman–Crippen LogP) is 7.63. The first-order valence-electron chi connectivity index (χ1n) is 15.9. The number of hydrogen-bond acceptors (Lipinski definition) is 7. The van der Waals surface area contributed by atoms with Gasteiger partial charge in [-0.15, -0.1) is 0 Å². The molecule has 0 spiro atoms. The third-order valence-electron chi connectivity index (χ3n) is 8.75. The third-order valence-corrected chi connectivity index (χ3v) is 11.6. The predicted molar refractivity (Wildman–Crippen MR) is 171 cm³/mol. The standard InChI is InChI=1S/C33H62N2O5Si/c1-12-34(13-2)30-24-32(5,6)35(33(7,8)25-30)40-31(27(3)4)29-20-18-28(19-21-29)26-39-22-16-14-15-17-23-41(36-9,37-10)38-11/h18-21,27,30-31H,12-17,22-26H2,1-11H3. The molecule has 1 aliphatic rings. The zero-order valence-corrected chi connectivity index (χ0v) is 29.3. The van der Waals surface area contributed by atoms with Crippen molar-refractivity contribution < 1.29 is 22.9 Å². The third kappa shape index (κ3) is 10.4. The summed E-state index contributed by atoms with van der Waals surface area (Å²) in [6.07, 6.45) is 6.58. The zero-order chi connectivity index (χ0) is 30.7. The second kappa shape index (κ2) is 16.9. The Morgan fingerprint density at radius 2 is 1.39 bits per heavy atom. The van der Waals surface area contributed by atoms with Gasteiger partial charge in [-0.3, -0.25) is 4.84 Å². The largest absolute Gasteiger partial charge is 0.500 e. The van der Waals surface area contributed by atoms with Gasteiger partial charge in [-0.05, 0) is 83.5 Å². The summed E-state index contributed by atoms with van der Waals surface area (Å²) in [6, 6.07) is 10.3. The first kappa shape index (κ1) is 36.3. The highest BCUT2D eigenvalue weighted by Crippen LogP contribution is 2.43. The molecule has 0 amide bonds. The molecule has 8 heteroatoms. The Kier molecular flexibility index (Phi) is 14.9. The van der Waals surface area contributed by atoms with Gasteiger partial charge >= 0.3 is 8.80 Å². The summed E-state index contributed by atoms with van der Waals surface area (Å²) in [5.74, 6) is 0.355. The van der Waals surface area contributed by atoms with E-state index in [1.807, 2.05) is 0 Å². The van der Waals surface area contributed by atoms with Crippen LogP contribution in [0.15, 0.2) is 24.3 Å². The van der Waals surface area contributed by atoms with E-state index in [4.69, 9.17) is 22.9 Å². The topological polar surface area (TPSA) is 52.6 Å². The van der Waals surface area contributed by atoms with Gasteiger partial charge in [0.2, 0.25) is 0 Å². The lowest BCUT2D eigenvalue weighted by atomic mass is 9.78. The number of unbranched alkanes of at least 4 members (excludes halogenated alkanes) is 3. The van der Waals surface area contributed by atoms with Crippen molar-refractivity contribution >= 4 is 8.80 Å². The quantitative estimate of drug-likeness (QED) is 0.121. The van der Waals surface area contributed by atoms with E-state index < -0.39 is 8.80 Å². The fourth-order valence-corrected chi connectivity index (χ4v) is 8.42. The van der Waals surface area contributed by atoms with Crippen LogP contribution in [0.1, 0.15) is 111 Å². The highest BCUT2D eigenvalue weighted by molar-refractivity contribution is 6.60. The highest BCUT2D eigenvalue weighted by atomic mass is 28.4. The van der Waals surface area contributed by atoms with E-state index in [1.165, 1.54) is 11.1 Å². The lowest BCUT2D eigenvalue weighted by molar-refractivity contribution is -0.319. The molecular weight excluding hydrogens is 532 g/mol. The second-order valence-corrected chi connectivity index (χ2v) is 16.3.